The van der Waals surface area contributed by atoms with Crippen LogP contribution in [-0.2, 0) is 15.7 Å². The van der Waals surface area contributed by atoms with E-state index in [1.807, 2.05) is 6.07 Å². The van der Waals surface area contributed by atoms with Crippen LogP contribution in [0, 0.1) is 6.92 Å². The van der Waals surface area contributed by atoms with E-state index in [9.17, 15) is 8.42 Å². The van der Waals surface area contributed by atoms with Crippen LogP contribution in [0.15, 0.2) is 41.4 Å². The van der Waals surface area contributed by atoms with E-state index in [-0.39, 0.29) is 11.5 Å². The van der Waals surface area contributed by atoms with Crippen molar-refractivity contribution in [2.24, 2.45) is 0 Å². The van der Waals surface area contributed by atoms with Crippen molar-refractivity contribution in [3.05, 3.63) is 47.7 Å². The molecule has 2 rings (SSSR count). The van der Waals surface area contributed by atoms with Gasteiger partial charge >= 0.3 is 0 Å². The molecular weight excluding hydrogens is 314 g/mol. The average molecular weight is 328 g/mol. The van der Waals surface area contributed by atoms with Gasteiger partial charge in [-0.1, -0.05) is 0 Å². The standard InChI is InChI=1S/C14H14ClNO4S/c1-10-8-12(5-6-13(10)21(15,17)18)20-9-11-4-3-7-16-14(11)19-2/h3-8H,9H2,1-2H3. The van der Waals surface area contributed by atoms with Crippen molar-refractivity contribution in [3.8, 4) is 11.6 Å². The third-order valence-corrected chi connectivity index (χ3v) is 4.33. The predicted molar refractivity (Wildman–Crippen MR) is 79.3 cm³/mol. The Bertz CT molecular complexity index is 746. The van der Waals surface area contributed by atoms with Gasteiger partial charge in [-0.2, -0.15) is 0 Å². The van der Waals surface area contributed by atoms with E-state index in [4.69, 9.17) is 20.2 Å². The maximum Gasteiger partial charge on any atom is 0.261 e. The molecule has 0 atom stereocenters. The summed E-state index contributed by atoms with van der Waals surface area (Å²) in [5.41, 5.74) is 1.33. The lowest BCUT2D eigenvalue weighted by atomic mass is 10.2. The molecule has 0 aliphatic carbocycles. The molecule has 0 unspecified atom stereocenters. The first-order valence-electron chi connectivity index (χ1n) is 6.08. The molecule has 0 amide bonds. The number of benzene rings is 1. The van der Waals surface area contributed by atoms with Crippen molar-refractivity contribution >= 4 is 19.7 Å². The number of methoxy groups -OCH3 is 1. The minimum absolute atomic E-state index is 0.0791. The van der Waals surface area contributed by atoms with Crippen molar-refractivity contribution in [1.82, 2.24) is 4.98 Å². The van der Waals surface area contributed by atoms with Crippen molar-refractivity contribution < 1.29 is 17.9 Å². The number of nitrogens with zero attached hydrogens (tertiary/aromatic N) is 1. The summed E-state index contributed by atoms with van der Waals surface area (Å²) < 4.78 is 33.4. The minimum Gasteiger partial charge on any atom is -0.489 e. The van der Waals surface area contributed by atoms with Crippen LogP contribution in [0.4, 0.5) is 0 Å². The Hall–Kier alpha value is -1.79. The monoisotopic (exact) mass is 327 g/mol. The van der Waals surface area contributed by atoms with Gasteiger partial charge in [0.2, 0.25) is 5.88 Å². The molecule has 0 saturated heterocycles. The van der Waals surface area contributed by atoms with Gasteiger partial charge in [0.15, 0.2) is 0 Å². The highest BCUT2D eigenvalue weighted by Gasteiger charge is 2.14. The number of hydrogen-bond donors (Lipinski definition) is 0. The van der Waals surface area contributed by atoms with E-state index >= 15 is 0 Å². The van der Waals surface area contributed by atoms with Crippen molar-refractivity contribution in [1.29, 1.82) is 0 Å². The van der Waals surface area contributed by atoms with Gasteiger partial charge in [0, 0.05) is 16.9 Å². The summed E-state index contributed by atoms with van der Waals surface area (Å²) in [5, 5.41) is 0. The van der Waals surface area contributed by atoms with E-state index in [0.29, 0.717) is 17.2 Å². The summed E-state index contributed by atoms with van der Waals surface area (Å²) in [4.78, 5) is 4.15. The first kappa shape index (κ1) is 15.6. The topological polar surface area (TPSA) is 65.5 Å². The first-order chi connectivity index (χ1) is 9.91. The van der Waals surface area contributed by atoms with Crippen LogP contribution in [0.2, 0.25) is 0 Å². The molecule has 112 valence electrons. The first-order valence-corrected chi connectivity index (χ1v) is 8.39. The molecular formula is C14H14ClNO4S. The van der Waals surface area contributed by atoms with Gasteiger partial charge in [-0.05, 0) is 42.8 Å². The summed E-state index contributed by atoms with van der Waals surface area (Å²) in [6.07, 6.45) is 1.63. The lowest BCUT2D eigenvalue weighted by Crippen LogP contribution is -2.01. The fourth-order valence-corrected chi connectivity index (χ4v) is 3.06. The van der Waals surface area contributed by atoms with Crippen LogP contribution in [0.3, 0.4) is 0 Å². The van der Waals surface area contributed by atoms with E-state index < -0.39 is 9.05 Å². The molecule has 0 aliphatic heterocycles. The number of rotatable bonds is 5. The molecule has 0 spiro atoms. The lowest BCUT2D eigenvalue weighted by Gasteiger charge is -2.10. The van der Waals surface area contributed by atoms with Gasteiger partial charge in [0.05, 0.1) is 17.6 Å². The Kier molecular flexibility index (Phi) is 4.69. The molecule has 0 saturated carbocycles. The second kappa shape index (κ2) is 6.32. The number of aryl methyl sites for hydroxylation is 1. The molecule has 0 N–H and O–H groups in total. The molecule has 5 nitrogen and oxygen atoms in total. The predicted octanol–water partition coefficient (Wildman–Crippen LogP) is 2.91. The van der Waals surface area contributed by atoms with Crippen molar-refractivity contribution in [2.45, 2.75) is 18.4 Å². The van der Waals surface area contributed by atoms with Crippen LogP contribution >= 0.6 is 10.7 Å². The fourth-order valence-electron chi connectivity index (χ4n) is 1.86. The van der Waals surface area contributed by atoms with Gasteiger partial charge in [0.1, 0.15) is 12.4 Å². The number of hydrogen-bond acceptors (Lipinski definition) is 5. The van der Waals surface area contributed by atoms with Crippen LogP contribution in [0.25, 0.3) is 0 Å². The SMILES string of the molecule is COc1ncccc1COc1ccc(S(=O)(=O)Cl)c(C)c1. The zero-order chi connectivity index (χ0) is 15.5. The van der Waals surface area contributed by atoms with Crippen LogP contribution in [0.1, 0.15) is 11.1 Å². The molecule has 0 fully saturated rings. The summed E-state index contributed by atoms with van der Waals surface area (Å²) in [5.74, 6) is 1.04. The summed E-state index contributed by atoms with van der Waals surface area (Å²) in [6, 6.07) is 8.24. The molecule has 1 heterocycles. The summed E-state index contributed by atoms with van der Waals surface area (Å²) in [6.45, 7) is 1.93. The molecule has 0 radical (unpaired) electrons. The summed E-state index contributed by atoms with van der Waals surface area (Å²) in [7, 11) is 3.13. The fraction of sp³-hybridized carbons (Fsp3) is 0.214. The van der Waals surface area contributed by atoms with Crippen molar-refractivity contribution in [3.63, 3.8) is 0 Å². The molecule has 0 aliphatic rings. The zero-order valence-corrected chi connectivity index (χ0v) is 13.1. The largest absolute Gasteiger partial charge is 0.489 e. The average Bonchev–Trinajstić information content (AvgIpc) is 2.44. The number of ether oxygens (including phenoxy) is 2. The second-order valence-electron chi connectivity index (χ2n) is 4.33. The van der Waals surface area contributed by atoms with Gasteiger partial charge in [-0.3, -0.25) is 0 Å². The quantitative estimate of drug-likeness (QED) is 0.790. The molecule has 1 aromatic heterocycles. The minimum atomic E-state index is -3.74. The van der Waals surface area contributed by atoms with E-state index in [1.165, 1.54) is 13.2 Å². The third-order valence-electron chi connectivity index (χ3n) is 2.85. The van der Waals surface area contributed by atoms with Gasteiger partial charge in [-0.15, -0.1) is 0 Å². The highest BCUT2D eigenvalue weighted by Crippen LogP contribution is 2.25. The normalized spacial score (nSPS) is 11.2. The number of aromatic nitrogens is 1. The van der Waals surface area contributed by atoms with Gasteiger partial charge in [0.25, 0.3) is 9.05 Å². The smallest absolute Gasteiger partial charge is 0.261 e. The van der Waals surface area contributed by atoms with E-state index in [2.05, 4.69) is 4.98 Å². The molecule has 0 bridgehead atoms. The maximum absolute atomic E-state index is 11.3. The molecule has 7 heteroatoms. The third kappa shape index (κ3) is 3.86. The van der Waals surface area contributed by atoms with Gasteiger partial charge < -0.3 is 9.47 Å². The Morgan fingerprint density at radius 2 is 2.05 bits per heavy atom. The van der Waals surface area contributed by atoms with Crippen molar-refractivity contribution in [2.75, 3.05) is 7.11 Å². The van der Waals surface area contributed by atoms with Crippen LogP contribution in [0.5, 0.6) is 11.6 Å². The Balaban J connectivity index is 2.16. The van der Waals surface area contributed by atoms with Crippen LogP contribution < -0.4 is 9.47 Å². The van der Waals surface area contributed by atoms with Gasteiger partial charge in [-0.25, -0.2) is 13.4 Å². The Labute approximate surface area is 127 Å². The lowest BCUT2D eigenvalue weighted by molar-refractivity contribution is 0.293. The molecule has 21 heavy (non-hydrogen) atoms. The molecule has 2 aromatic rings. The highest BCUT2D eigenvalue weighted by molar-refractivity contribution is 8.13. The zero-order valence-electron chi connectivity index (χ0n) is 11.5. The highest BCUT2D eigenvalue weighted by atomic mass is 35.7. The van der Waals surface area contributed by atoms with Crippen LogP contribution in [-0.4, -0.2) is 20.5 Å². The van der Waals surface area contributed by atoms with E-state index in [0.717, 1.165) is 5.56 Å². The number of pyridine rings is 1. The number of halogens is 1. The second-order valence-corrected chi connectivity index (χ2v) is 6.86. The maximum atomic E-state index is 11.3. The Morgan fingerprint density at radius 1 is 1.29 bits per heavy atom. The summed E-state index contributed by atoms with van der Waals surface area (Å²) >= 11 is 0. The molecule has 1 aromatic carbocycles. The van der Waals surface area contributed by atoms with E-state index in [1.54, 1.807) is 31.3 Å². The Morgan fingerprint density at radius 3 is 2.67 bits per heavy atom.